The summed E-state index contributed by atoms with van der Waals surface area (Å²) in [5, 5.41) is 0. The largest absolute Gasteiger partial charge is 0.466 e. The zero-order valence-corrected chi connectivity index (χ0v) is 12.6. The van der Waals surface area contributed by atoms with E-state index in [1.54, 1.807) is 0 Å². The van der Waals surface area contributed by atoms with Gasteiger partial charge in [-0.05, 0) is 0 Å². The van der Waals surface area contributed by atoms with Gasteiger partial charge in [0.15, 0.2) is 0 Å². The second kappa shape index (κ2) is 7.40. The molecule has 0 unspecified atom stereocenters. The first-order valence-electron chi connectivity index (χ1n) is 0.783. The molecular weight excluding hydrogens is 321 g/mol. The van der Waals surface area contributed by atoms with Gasteiger partial charge in [0.05, 0.1) is 0 Å². The molecule has 0 spiro atoms. The maximum absolute atomic E-state index is 8.88. The fraction of sp³-hybridized carbons (Fsp3) is 0. The Balaban J connectivity index is -0.0000000800. The molecule has 0 aliphatic heterocycles. The van der Waals surface area contributed by atoms with Crippen LogP contribution in [0.15, 0.2) is 0 Å². The monoisotopic (exact) mass is 323 g/mol. The molecule has 0 aliphatic carbocycles. The van der Waals surface area contributed by atoms with E-state index < -0.39 is 7.82 Å². The minimum Gasteiger partial charge on any atom is -0.303 e. The zero-order chi connectivity index (χ0) is 4.50. The summed E-state index contributed by atoms with van der Waals surface area (Å²) in [6.45, 7) is 0. The molecule has 37 valence electrons. The minimum absolute atomic E-state index is 0. The smallest absolute Gasteiger partial charge is 0.303 e. The van der Waals surface area contributed by atoms with Crippen molar-refractivity contribution in [1.82, 2.24) is 0 Å². The zero-order valence-electron chi connectivity index (χ0n) is 3.70. The van der Waals surface area contributed by atoms with Gasteiger partial charge in [-0.2, -0.15) is 0 Å². The van der Waals surface area contributed by atoms with E-state index in [1.165, 1.54) is 0 Å². The predicted molar refractivity (Wildman–Crippen MR) is 20.0 cm³/mol. The number of rotatable bonds is 0. The molecule has 7 heavy (non-hydrogen) atoms. The molecule has 4 nitrogen and oxygen atoms in total. The third kappa shape index (κ3) is 45.6. The van der Waals surface area contributed by atoms with Gasteiger partial charge in [0, 0.05) is 99.9 Å². The first-order chi connectivity index (χ1) is 2.00. The first kappa shape index (κ1) is 16.7. The van der Waals surface area contributed by atoms with Gasteiger partial charge in [-0.3, -0.25) is 0 Å². The molecule has 0 aliphatic rings. The molecule has 0 aromatic carbocycles. The molecule has 0 aromatic heterocycles. The number of phosphoric acid groups is 1. The number of hydrogen-bond acceptors (Lipinski definition) is 1. The normalized spacial score (nSPS) is 8.43. The van der Waals surface area contributed by atoms with Gasteiger partial charge in [0.25, 0.3) is 0 Å². The van der Waals surface area contributed by atoms with Gasteiger partial charge in [-0.15, -0.1) is 0 Å². The fourth-order valence-corrected chi connectivity index (χ4v) is 0. The summed E-state index contributed by atoms with van der Waals surface area (Å²) in [4.78, 5) is 21.6. The van der Waals surface area contributed by atoms with E-state index in [1.807, 2.05) is 0 Å². The Kier molecular flexibility index (Phi) is 17.7. The van der Waals surface area contributed by atoms with Crippen LogP contribution in [0.3, 0.4) is 0 Å². The van der Waals surface area contributed by atoms with E-state index in [9.17, 15) is 0 Å². The summed E-state index contributed by atoms with van der Waals surface area (Å²) >= 11 is 0. The maximum Gasteiger partial charge on any atom is 0.466 e. The van der Waals surface area contributed by atoms with Crippen LogP contribution in [-0.4, -0.2) is 72.9 Å². The van der Waals surface area contributed by atoms with Gasteiger partial charge in [0.1, 0.15) is 0 Å². The molecule has 0 bridgehead atoms. The summed E-state index contributed by atoms with van der Waals surface area (Å²) in [5.74, 6) is 0. The Morgan fingerprint density at radius 2 is 1.14 bits per heavy atom. The van der Waals surface area contributed by atoms with Crippen LogP contribution >= 0.6 is 7.82 Å². The van der Waals surface area contributed by atoms with Crippen LogP contribution in [0.4, 0.5) is 0 Å². The Morgan fingerprint density at radius 3 is 1.14 bits per heavy atom. The van der Waals surface area contributed by atoms with E-state index >= 15 is 0 Å². The summed E-state index contributed by atoms with van der Waals surface area (Å²) < 4.78 is 8.88. The standard InChI is InChI=1S/Ce.H3O4P.Rb/c;1-5(2,3)4;/h;(H3,1,2,3,4);. The van der Waals surface area contributed by atoms with Crippen LogP contribution in [0.5, 0.6) is 0 Å². The molecule has 0 aromatic rings. The second-order valence-electron chi connectivity index (χ2n) is 0.513. The van der Waals surface area contributed by atoms with Gasteiger partial charge < -0.3 is 14.7 Å². The molecule has 0 heterocycles. The SMILES string of the molecule is O=P(O)(O)O.[Ce].[Rb]. The van der Waals surface area contributed by atoms with Gasteiger partial charge in [-0.25, -0.2) is 4.57 Å². The van der Waals surface area contributed by atoms with Crippen molar-refractivity contribution >= 4 is 66.0 Å². The van der Waals surface area contributed by atoms with Crippen LogP contribution < -0.4 is 0 Å². The summed E-state index contributed by atoms with van der Waals surface area (Å²) in [5.41, 5.74) is 0. The predicted octanol–water partition coefficient (Wildman–Crippen LogP) is -1.31. The van der Waals surface area contributed by atoms with E-state index in [4.69, 9.17) is 19.2 Å². The average Bonchev–Trinajstić information content (AvgIpc) is 0.722. The van der Waals surface area contributed by atoms with Crippen LogP contribution in [0.25, 0.3) is 0 Å². The van der Waals surface area contributed by atoms with E-state index in [2.05, 4.69) is 0 Å². The third-order valence-electron chi connectivity index (χ3n) is 0. The molecule has 7 heteroatoms. The molecule has 0 fully saturated rings. The fourth-order valence-electron chi connectivity index (χ4n) is 0. The Bertz CT molecular complexity index is 57.8. The molecular formula is H3CeO4PRb. The summed E-state index contributed by atoms with van der Waals surface area (Å²) in [6, 6.07) is 0. The topological polar surface area (TPSA) is 77.8 Å². The maximum atomic E-state index is 8.88. The summed E-state index contributed by atoms with van der Waals surface area (Å²) in [7, 11) is -4.64. The van der Waals surface area contributed by atoms with Crippen molar-refractivity contribution in [2.45, 2.75) is 0 Å². The van der Waals surface area contributed by atoms with E-state index in [-0.39, 0.29) is 99.9 Å². The molecule has 0 saturated carbocycles. The van der Waals surface area contributed by atoms with E-state index in [0.29, 0.717) is 0 Å². The van der Waals surface area contributed by atoms with Crippen LogP contribution in [0, 0.1) is 41.7 Å². The molecule has 3 N–H and O–H groups in total. The van der Waals surface area contributed by atoms with Gasteiger partial charge in [-0.1, -0.05) is 0 Å². The van der Waals surface area contributed by atoms with Crippen molar-refractivity contribution in [1.29, 1.82) is 0 Å². The van der Waals surface area contributed by atoms with Crippen LogP contribution in [-0.2, 0) is 4.57 Å². The van der Waals surface area contributed by atoms with Crippen molar-refractivity contribution in [3.63, 3.8) is 0 Å². The van der Waals surface area contributed by atoms with Crippen molar-refractivity contribution in [3.05, 3.63) is 0 Å². The van der Waals surface area contributed by atoms with Gasteiger partial charge >= 0.3 is 7.82 Å². The third-order valence-corrected chi connectivity index (χ3v) is 0. The Morgan fingerprint density at radius 1 is 1.14 bits per heavy atom. The average molecular weight is 324 g/mol. The molecule has 0 amide bonds. The van der Waals surface area contributed by atoms with Crippen molar-refractivity contribution in [2.75, 3.05) is 0 Å². The number of hydrogen-bond donors (Lipinski definition) is 3. The molecule has 0 rings (SSSR count). The van der Waals surface area contributed by atoms with Crippen molar-refractivity contribution in [3.8, 4) is 0 Å². The molecule has 0 saturated heterocycles. The van der Waals surface area contributed by atoms with Gasteiger partial charge in [0.2, 0.25) is 0 Å². The minimum atomic E-state index is -4.64. The second-order valence-corrected chi connectivity index (χ2v) is 1.54. The summed E-state index contributed by atoms with van der Waals surface area (Å²) in [6.07, 6.45) is 0. The van der Waals surface area contributed by atoms with Crippen molar-refractivity contribution < 1.29 is 61.0 Å². The Labute approximate surface area is 123 Å². The quantitative estimate of drug-likeness (QED) is 0.484. The molecule has 1 radical (unpaired) electrons. The van der Waals surface area contributed by atoms with Crippen LogP contribution in [0.1, 0.15) is 0 Å². The van der Waals surface area contributed by atoms with E-state index in [0.717, 1.165) is 0 Å². The molecule has 0 atom stereocenters. The van der Waals surface area contributed by atoms with Crippen LogP contribution in [0.2, 0.25) is 0 Å². The Hall–Kier alpha value is 3.29. The first-order valence-corrected chi connectivity index (χ1v) is 2.35. The van der Waals surface area contributed by atoms with Crippen molar-refractivity contribution in [2.24, 2.45) is 0 Å².